The van der Waals surface area contributed by atoms with Gasteiger partial charge in [0.2, 0.25) is 0 Å². The van der Waals surface area contributed by atoms with Crippen LogP contribution in [0.3, 0.4) is 0 Å². The van der Waals surface area contributed by atoms with E-state index in [0.717, 1.165) is 36.8 Å². The first-order valence-electron chi connectivity index (χ1n) is 8.62. The highest BCUT2D eigenvalue weighted by Crippen LogP contribution is 2.29. The van der Waals surface area contributed by atoms with Crippen LogP contribution in [0.25, 0.3) is 0 Å². The van der Waals surface area contributed by atoms with Crippen molar-refractivity contribution in [3.63, 3.8) is 0 Å². The normalized spacial score (nSPS) is 14.6. The fraction of sp³-hybridized carbons (Fsp3) is 0.400. The Kier molecular flexibility index (Phi) is 5.53. The largest absolute Gasteiger partial charge is 0.299 e. The van der Waals surface area contributed by atoms with Crippen molar-refractivity contribution in [1.29, 1.82) is 0 Å². The van der Waals surface area contributed by atoms with Crippen molar-refractivity contribution >= 4 is 29.2 Å². The number of thiazole rings is 1. The highest BCUT2D eigenvalue weighted by Gasteiger charge is 2.26. The van der Waals surface area contributed by atoms with Gasteiger partial charge in [-0.2, -0.15) is 0 Å². The minimum atomic E-state index is 0.0103. The number of Topliss-reactive ketones (excluding diaryl/α,β-unsaturated/α-hetero) is 2. The number of benzene rings is 1. The predicted molar refractivity (Wildman–Crippen MR) is 97.4 cm³/mol. The fourth-order valence-corrected chi connectivity index (χ4v) is 4.15. The summed E-state index contributed by atoms with van der Waals surface area (Å²) in [5, 5.41) is 2.29. The molecule has 1 aliphatic rings. The first-order chi connectivity index (χ1) is 12.1. The molecule has 3 rings (SSSR count). The summed E-state index contributed by atoms with van der Waals surface area (Å²) in [6.45, 7) is 1.97. The van der Waals surface area contributed by atoms with E-state index >= 15 is 0 Å². The third-order valence-electron chi connectivity index (χ3n) is 4.68. The Morgan fingerprint density at radius 1 is 1.24 bits per heavy atom. The van der Waals surface area contributed by atoms with E-state index in [-0.39, 0.29) is 30.3 Å². The maximum Gasteiger partial charge on any atom is 0.169 e. The second-order valence-electron chi connectivity index (χ2n) is 6.68. The number of aromatic nitrogens is 1. The third kappa shape index (κ3) is 4.28. The summed E-state index contributed by atoms with van der Waals surface area (Å²) in [6.07, 6.45) is 5.23. The van der Waals surface area contributed by atoms with Crippen molar-refractivity contribution in [2.75, 3.05) is 0 Å². The molecule has 1 fully saturated rings. The molecule has 2 aromatic rings. The van der Waals surface area contributed by atoms with E-state index in [9.17, 15) is 14.4 Å². The third-order valence-corrected chi connectivity index (χ3v) is 5.55. The number of hydrogen-bond donors (Lipinski definition) is 0. The Morgan fingerprint density at radius 2 is 2.00 bits per heavy atom. The molecule has 0 atom stereocenters. The van der Waals surface area contributed by atoms with Crippen LogP contribution in [-0.4, -0.2) is 22.8 Å². The summed E-state index contributed by atoms with van der Waals surface area (Å²) in [4.78, 5) is 40.1. The van der Waals surface area contributed by atoms with Crippen LogP contribution in [0.15, 0.2) is 23.6 Å². The Bertz CT molecular complexity index is 803. The van der Waals surface area contributed by atoms with E-state index in [1.54, 1.807) is 5.38 Å². The molecule has 1 aliphatic carbocycles. The average molecular weight is 355 g/mol. The molecule has 0 aliphatic heterocycles. The number of ketones is 2. The number of rotatable bonds is 7. The number of carbonyl (C=O) groups is 3. The quantitative estimate of drug-likeness (QED) is 0.556. The fourth-order valence-electron chi connectivity index (χ4n) is 3.39. The van der Waals surface area contributed by atoms with Gasteiger partial charge in [0.05, 0.1) is 6.42 Å². The van der Waals surface area contributed by atoms with E-state index < -0.39 is 0 Å². The number of hydrogen-bond acceptors (Lipinski definition) is 5. The second-order valence-corrected chi connectivity index (χ2v) is 7.63. The maximum atomic E-state index is 12.8. The topological polar surface area (TPSA) is 64.1 Å². The van der Waals surface area contributed by atoms with E-state index in [1.165, 1.54) is 11.3 Å². The molecule has 1 saturated carbocycles. The monoisotopic (exact) mass is 355 g/mol. The molecule has 0 bridgehead atoms. The number of aryl methyl sites for hydroxylation is 1. The standard InChI is InChI=1S/C20H21NO3S/c1-13-6-7-15(18(8-13)20(24)14-4-2-3-5-14)9-17(23)10-19-21-16(11-22)12-25-19/h6-8,11-12,14H,2-5,9-10H2,1H3. The lowest BCUT2D eigenvalue weighted by molar-refractivity contribution is -0.117. The maximum absolute atomic E-state index is 12.8. The van der Waals surface area contributed by atoms with Crippen LogP contribution >= 0.6 is 11.3 Å². The van der Waals surface area contributed by atoms with E-state index in [0.29, 0.717) is 22.6 Å². The van der Waals surface area contributed by atoms with Gasteiger partial charge in [0, 0.05) is 23.3 Å². The molecule has 0 spiro atoms. The van der Waals surface area contributed by atoms with E-state index in [2.05, 4.69) is 4.98 Å². The Morgan fingerprint density at radius 3 is 2.68 bits per heavy atom. The molecule has 0 saturated heterocycles. The molecule has 0 amide bonds. The molecule has 1 aromatic carbocycles. The van der Waals surface area contributed by atoms with Gasteiger partial charge in [0.1, 0.15) is 16.5 Å². The number of aldehydes is 1. The van der Waals surface area contributed by atoms with Gasteiger partial charge in [-0.25, -0.2) is 4.98 Å². The Hall–Kier alpha value is -2.14. The molecule has 0 N–H and O–H groups in total. The lowest BCUT2D eigenvalue weighted by Crippen LogP contribution is -2.16. The molecule has 1 aromatic heterocycles. The van der Waals surface area contributed by atoms with Gasteiger partial charge in [-0.05, 0) is 31.4 Å². The first kappa shape index (κ1) is 17.7. The SMILES string of the molecule is Cc1ccc(CC(=O)Cc2nc(C=O)cs2)c(C(=O)C2CCCC2)c1. The van der Waals surface area contributed by atoms with Crippen molar-refractivity contribution in [2.24, 2.45) is 5.92 Å². The number of carbonyl (C=O) groups excluding carboxylic acids is 3. The highest BCUT2D eigenvalue weighted by molar-refractivity contribution is 7.09. The van der Waals surface area contributed by atoms with Gasteiger partial charge < -0.3 is 0 Å². The zero-order valence-electron chi connectivity index (χ0n) is 14.3. The molecule has 25 heavy (non-hydrogen) atoms. The Balaban J connectivity index is 1.75. The van der Waals surface area contributed by atoms with E-state index in [4.69, 9.17) is 0 Å². The summed E-state index contributed by atoms with van der Waals surface area (Å²) in [7, 11) is 0. The van der Waals surface area contributed by atoms with Crippen molar-refractivity contribution < 1.29 is 14.4 Å². The molecular formula is C20H21NO3S. The predicted octanol–water partition coefficient (Wildman–Crippen LogP) is 3.99. The van der Waals surface area contributed by atoms with Crippen molar-refractivity contribution in [3.05, 3.63) is 51.0 Å². The summed E-state index contributed by atoms with van der Waals surface area (Å²) in [5.41, 5.74) is 2.90. The van der Waals surface area contributed by atoms with Gasteiger partial charge >= 0.3 is 0 Å². The van der Waals surface area contributed by atoms with Crippen molar-refractivity contribution in [3.8, 4) is 0 Å². The van der Waals surface area contributed by atoms with Crippen LogP contribution in [0.1, 0.15) is 62.7 Å². The van der Waals surface area contributed by atoms with Crippen LogP contribution < -0.4 is 0 Å². The Labute approximate surface area is 151 Å². The van der Waals surface area contributed by atoms with Crippen LogP contribution in [0.5, 0.6) is 0 Å². The lowest BCUT2D eigenvalue weighted by Gasteiger charge is -2.13. The number of nitrogens with zero attached hydrogens (tertiary/aromatic N) is 1. The van der Waals surface area contributed by atoms with Gasteiger partial charge in [0.15, 0.2) is 12.1 Å². The van der Waals surface area contributed by atoms with Gasteiger partial charge in [-0.15, -0.1) is 11.3 Å². The molecule has 5 heteroatoms. The van der Waals surface area contributed by atoms with Crippen LogP contribution in [0.2, 0.25) is 0 Å². The average Bonchev–Trinajstić information content (AvgIpc) is 3.27. The lowest BCUT2D eigenvalue weighted by atomic mass is 9.90. The molecular weight excluding hydrogens is 334 g/mol. The zero-order chi connectivity index (χ0) is 17.8. The first-order valence-corrected chi connectivity index (χ1v) is 9.50. The zero-order valence-corrected chi connectivity index (χ0v) is 15.1. The van der Waals surface area contributed by atoms with Crippen LogP contribution in [-0.2, 0) is 17.6 Å². The summed E-state index contributed by atoms with van der Waals surface area (Å²) >= 11 is 1.32. The molecule has 130 valence electrons. The molecule has 4 nitrogen and oxygen atoms in total. The minimum Gasteiger partial charge on any atom is -0.299 e. The molecule has 1 heterocycles. The van der Waals surface area contributed by atoms with Crippen molar-refractivity contribution in [2.45, 2.75) is 45.4 Å². The summed E-state index contributed by atoms with van der Waals surface area (Å²) in [6, 6.07) is 5.76. The second kappa shape index (κ2) is 7.83. The summed E-state index contributed by atoms with van der Waals surface area (Å²) < 4.78 is 0. The highest BCUT2D eigenvalue weighted by atomic mass is 32.1. The molecule has 0 radical (unpaired) electrons. The van der Waals surface area contributed by atoms with Gasteiger partial charge in [0.25, 0.3) is 0 Å². The molecule has 0 unspecified atom stereocenters. The minimum absolute atomic E-state index is 0.0103. The smallest absolute Gasteiger partial charge is 0.169 e. The van der Waals surface area contributed by atoms with Gasteiger partial charge in [-0.3, -0.25) is 14.4 Å². The summed E-state index contributed by atoms with van der Waals surface area (Å²) in [5.74, 6) is 0.294. The van der Waals surface area contributed by atoms with Crippen LogP contribution in [0, 0.1) is 12.8 Å². The van der Waals surface area contributed by atoms with E-state index in [1.807, 2.05) is 25.1 Å². The van der Waals surface area contributed by atoms with Crippen molar-refractivity contribution in [1.82, 2.24) is 4.98 Å². The van der Waals surface area contributed by atoms with Crippen LogP contribution in [0.4, 0.5) is 0 Å². The van der Waals surface area contributed by atoms with Gasteiger partial charge in [-0.1, -0.05) is 30.5 Å².